The summed E-state index contributed by atoms with van der Waals surface area (Å²) in [5, 5.41) is 9.53. The lowest BCUT2D eigenvalue weighted by molar-refractivity contribution is 0.289. The highest BCUT2D eigenvalue weighted by Crippen LogP contribution is 2.34. The van der Waals surface area contributed by atoms with E-state index >= 15 is 0 Å². The second-order valence-corrected chi connectivity index (χ2v) is 4.33. The molecule has 0 aliphatic carbocycles. The number of methoxy groups -OCH3 is 1. The molecule has 1 aromatic heterocycles. The Kier molecular flexibility index (Phi) is 4.05. The van der Waals surface area contributed by atoms with Crippen LogP contribution in [0.25, 0.3) is 0 Å². The van der Waals surface area contributed by atoms with Crippen LogP contribution in [-0.4, -0.2) is 18.8 Å². The fourth-order valence-corrected chi connectivity index (χ4v) is 2.65. The molecule has 0 spiro atoms. The lowest BCUT2D eigenvalue weighted by Gasteiger charge is -1.92. The molecule has 1 rings (SSSR count). The molecule has 0 bridgehead atoms. The molecule has 0 unspecified atom stereocenters. The zero-order chi connectivity index (χ0) is 8.97. The number of thiophene rings is 1. The smallest absolute Gasteiger partial charge is 0.188 e. The molecule has 0 atom stereocenters. The van der Waals surface area contributed by atoms with Crippen LogP contribution in [-0.2, 0) is 6.42 Å². The Balaban J connectivity index is 2.62. The first-order valence-electron chi connectivity index (χ1n) is 3.71. The molecule has 0 amide bonds. The van der Waals surface area contributed by atoms with Crippen molar-refractivity contribution in [3.8, 4) is 5.06 Å². The summed E-state index contributed by atoms with van der Waals surface area (Å²) in [7, 11) is 1.66. The van der Waals surface area contributed by atoms with Crippen molar-refractivity contribution in [2.75, 3.05) is 13.7 Å². The minimum absolute atomic E-state index is 0.248. The van der Waals surface area contributed by atoms with Crippen molar-refractivity contribution in [1.82, 2.24) is 0 Å². The third kappa shape index (κ3) is 2.47. The molecule has 2 nitrogen and oxygen atoms in total. The number of aryl methyl sites for hydroxylation is 1. The quantitative estimate of drug-likeness (QED) is 0.890. The summed E-state index contributed by atoms with van der Waals surface area (Å²) >= 11 is 5.01. The summed E-state index contributed by atoms with van der Waals surface area (Å²) in [6.45, 7) is 0.248. The maximum Gasteiger partial charge on any atom is 0.188 e. The van der Waals surface area contributed by atoms with Crippen LogP contribution in [0.1, 0.15) is 11.3 Å². The van der Waals surface area contributed by atoms with Gasteiger partial charge in [0.2, 0.25) is 0 Å². The van der Waals surface area contributed by atoms with Crippen molar-refractivity contribution in [3.05, 3.63) is 15.4 Å². The first kappa shape index (κ1) is 10.0. The second kappa shape index (κ2) is 4.84. The van der Waals surface area contributed by atoms with Crippen molar-refractivity contribution in [2.45, 2.75) is 12.8 Å². The average molecular weight is 251 g/mol. The topological polar surface area (TPSA) is 29.5 Å². The van der Waals surface area contributed by atoms with E-state index in [-0.39, 0.29) is 6.61 Å². The van der Waals surface area contributed by atoms with Crippen molar-refractivity contribution < 1.29 is 9.84 Å². The van der Waals surface area contributed by atoms with E-state index in [1.54, 1.807) is 18.4 Å². The SMILES string of the molecule is COc1sc(CCCO)cc1Br. The van der Waals surface area contributed by atoms with E-state index in [4.69, 9.17) is 9.84 Å². The van der Waals surface area contributed by atoms with Crippen LogP contribution >= 0.6 is 27.3 Å². The van der Waals surface area contributed by atoms with Gasteiger partial charge in [-0.3, -0.25) is 0 Å². The van der Waals surface area contributed by atoms with Gasteiger partial charge in [-0.2, -0.15) is 0 Å². The molecule has 0 aliphatic heterocycles. The highest BCUT2D eigenvalue weighted by molar-refractivity contribution is 9.10. The molecule has 0 aliphatic rings. The van der Waals surface area contributed by atoms with Crippen LogP contribution in [0.3, 0.4) is 0 Å². The molecule has 12 heavy (non-hydrogen) atoms. The van der Waals surface area contributed by atoms with E-state index in [2.05, 4.69) is 15.9 Å². The number of rotatable bonds is 4. The Morgan fingerprint density at radius 3 is 2.92 bits per heavy atom. The van der Waals surface area contributed by atoms with Gasteiger partial charge in [0, 0.05) is 11.5 Å². The fraction of sp³-hybridized carbons (Fsp3) is 0.500. The van der Waals surface area contributed by atoms with Gasteiger partial charge >= 0.3 is 0 Å². The molecule has 0 saturated heterocycles. The van der Waals surface area contributed by atoms with Crippen molar-refractivity contribution >= 4 is 27.3 Å². The first-order valence-corrected chi connectivity index (χ1v) is 5.32. The van der Waals surface area contributed by atoms with Crippen LogP contribution in [0.2, 0.25) is 0 Å². The monoisotopic (exact) mass is 250 g/mol. The Morgan fingerprint density at radius 2 is 2.42 bits per heavy atom. The number of ether oxygens (including phenoxy) is 1. The van der Waals surface area contributed by atoms with Gasteiger partial charge in [-0.05, 0) is 34.8 Å². The molecule has 0 saturated carbocycles. The Labute approximate surface area is 84.3 Å². The molecule has 4 heteroatoms. The van der Waals surface area contributed by atoms with E-state index < -0.39 is 0 Å². The average Bonchev–Trinajstić information content (AvgIpc) is 2.43. The molecule has 68 valence electrons. The summed E-state index contributed by atoms with van der Waals surface area (Å²) in [6, 6.07) is 2.04. The molecule has 0 radical (unpaired) electrons. The summed E-state index contributed by atoms with van der Waals surface area (Å²) in [5.74, 6) is 0. The summed E-state index contributed by atoms with van der Waals surface area (Å²) in [6.07, 6.45) is 1.74. The van der Waals surface area contributed by atoms with Gasteiger partial charge in [-0.15, -0.1) is 11.3 Å². The van der Waals surface area contributed by atoms with Crippen LogP contribution in [0.15, 0.2) is 10.5 Å². The number of aliphatic hydroxyl groups is 1. The molecule has 0 aromatic carbocycles. The fourth-order valence-electron chi connectivity index (χ4n) is 0.913. The van der Waals surface area contributed by atoms with Crippen molar-refractivity contribution in [2.24, 2.45) is 0 Å². The molecule has 1 heterocycles. The van der Waals surface area contributed by atoms with Gasteiger partial charge in [0.25, 0.3) is 0 Å². The Morgan fingerprint density at radius 1 is 1.67 bits per heavy atom. The minimum Gasteiger partial charge on any atom is -0.486 e. The second-order valence-electron chi connectivity index (χ2n) is 2.38. The standard InChI is InChI=1S/C8H11BrO2S/c1-11-8-7(9)5-6(12-8)3-2-4-10/h5,10H,2-4H2,1H3. The van der Waals surface area contributed by atoms with Crippen molar-refractivity contribution in [1.29, 1.82) is 0 Å². The summed E-state index contributed by atoms with van der Waals surface area (Å²) < 4.78 is 6.12. The maximum absolute atomic E-state index is 8.62. The van der Waals surface area contributed by atoms with Crippen LogP contribution in [0.5, 0.6) is 5.06 Å². The van der Waals surface area contributed by atoms with E-state index in [9.17, 15) is 0 Å². The summed E-state index contributed by atoms with van der Waals surface area (Å²) in [5.41, 5.74) is 0. The molecule has 0 fully saturated rings. The first-order chi connectivity index (χ1) is 5.77. The normalized spacial score (nSPS) is 10.2. The van der Waals surface area contributed by atoms with E-state index in [0.717, 1.165) is 22.4 Å². The third-order valence-electron chi connectivity index (χ3n) is 1.47. The van der Waals surface area contributed by atoms with Crippen LogP contribution < -0.4 is 4.74 Å². The molecular weight excluding hydrogens is 240 g/mol. The van der Waals surface area contributed by atoms with Crippen molar-refractivity contribution in [3.63, 3.8) is 0 Å². The largest absolute Gasteiger partial charge is 0.486 e. The number of halogens is 1. The van der Waals surface area contributed by atoms with Gasteiger partial charge in [-0.25, -0.2) is 0 Å². The lowest BCUT2D eigenvalue weighted by atomic mass is 10.3. The minimum atomic E-state index is 0.248. The highest BCUT2D eigenvalue weighted by atomic mass is 79.9. The van der Waals surface area contributed by atoms with E-state index in [1.165, 1.54) is 4.88 Å². The van der Waals surface area contributed by atoms with Gasteiger partial charge in [-0.1, -0.05) is 0 Å². The van der Waals surface area contributed by atoms with Gasteiger partial charge in [0.1, 0.15) is 0 Å². The number of hydrogen-bond acceptors (Lipinski definition) is 3. The zero-order valence-electron chi connectivity index (χ0n) is 6.84. The lowest BCUT2D eigenvalue weighted by Crippen LogP contribution is -1.84. The van der Waals surface area contributed by atoms with Gasteiger partial charge < -0.3 is 9.84 Å². The van der Waals surface area contributed by atoms with E-state index in [0.29, 0.717) is 0 Å². The molecular formula is C8H11BrO2S. The third-order valence-corrected chi connectivity index (χ3v) is 3.48. The maximum atomic E-state index is 8.62. The van der Waals surface area contributed by atoms with Crippen LogP contribution in [0.4, 0.5) is 0 Å². The highest BCUT2D eigenvalue weighted by Gasteiger charge is 2.05. The van der Waals surface area contributed by atoms with E-state index in [1.807, 2.05) is 6.07 Å². The molecule has 1 N–H and O–H groups in total. The predicted octanol–water partition coefficient (Wildman–Crippen LogP) is 2.44. The van der Waals surface area contributed by atoms with Crippen LogP contribution in [0, 0.1) is 0 Å². The molecule has 1 aromatic rings. The van der Waals surface area contributed by atoms with Gasteiger partial charge in [0.15, 0.2) is 5.06 Å². The predicted molar refractivity (Wildman–Crippen MR) is 54.0 cm³/mol. The number of hydrogen-bond donors (Lipinski definition) is 1. The zero-order valence-corrected chi connectivity index (χ0v) is 9.24. The Bertz CT molecular complexity index is 247. The van der Waals surface area contributed by atoms with Gasteiger partial charge in [0.05, 0.1) is 11.6 Å². The summed E-state index contributed by atoms with van der Waals surface area (Å²) in [4.78, 5) is 1.24. The number of aliphatic hydroxyl groups excluding tert-OH is 1. The Hall–Kier alpha value is -0.0600.